The Morgan fingerprint density at radius 1 is 0.857 bits per heavy atom. The minimum Gasteiger partial charge on any atom is -0.361 e. The molecule has 0 saturated heterocycles. The highest BCUT2D eigenvalue weighted by molar-refractivity contribution is 5.96. The molecule has 0 aliphatic carbocycles. The van der Waals surface area contributed by atoms with Gasteiger partial charge < -0.3 is 9.88 Å². The first kappa shape index (κ1) is 20.9. The first-order valence-corrected chi connectivity index (χ1v) is 11.6. The summed E-state index contributed by atoms with van der Waals surface area (Å²) >= 11 is 0. The van der Waals surface area contributed by atoms with E-state index in [1.54, 1.807) is 12.1 Å². The SMILES string of the molecule is Cc1ccc(N2C(c3ccccc3)=Cc3ccccc3C2c2c[nH]c3cc([N+](=O)[O-])ccc23)cc1. The van der Waals surface area contributed by atoms with Gasteiger partial charge >= 0.3 is 0 Å². The van der Waals surface area contributed by atoms with E-state index in [1.165, 1.54) is 11.1 Å². The molecule has 5 nitrogen and oxygen atoms in total. The maximum atomic E-state index is 11.4. The summed E-state index contributed by atoms with van der Waals surface area (Å²) in [6, 6.07) is 32.4. The molecular formula is C30H23N3O2. The van der Waals surface area contributed by atoms with Crippen molar-refractivity contribution in [3.8, 4) is 0 Å². The molecular weight excluding hydrogens is 434 g/mol. The number of non-ortho nitro benzene ring substituents is 1. The van der Waals surface area contributed by atoms with Gasteiger partial charge in [-0.2, -0.15) is 0 Å². The molecule has 1 aromatic heterocycles. The molecule has 1 aliphatic rings. The standard InChI is InChI=1S/C30H23N3O2/c1-20-11-13-23(14-12-20)32-29(21-7-3-2-4-8-21)17-22-9-5-6-10-25(22)30(32)27-19-31-28-18-24(33(34)35)15-16-26(27)28/h2-19,30-31H,1H3. The first-order valence-electron chi connectivity index (χ1n) is 11.6. The Balaban J connectivity index is 1.63. The molecule has 5 heteroatoms. The quantitative estimate of drug-likeness (QED) is 0.225. The highest BCUT2D eigenvalue weighted by Gasteiger charge is 2.33. The average molecular weight is 458 g/mol. The number of fused-ring (bicyclic) bond motifs is 2. The number of nitro groups is 1. The van der Waals surface area contributed by atoms with E-state index >= 15 is 0 Å². The number of nitrogens with zero attached hydrogens (tertiary/aromatic N) is 2. The van der Waals surface area contributed by atoms with E-state index in [1.807, 2.05) is 18.3 Å². The number of hydrogen-bond donors (Lipinski definition) is 1. The summed E-state index contributed by atoms with van der Waals surface area (Å²) in [5.41, 5.74) is 8.78. The maximum Gasteiger partial charge on any atom is 0.271 e. The molecule has 35 heavy (non-hydrogen) atoms. The zero-order chi connectivity index (χ0) is 23.9. The smallest absolute Gasteiger partial charge is 0.271 e. The van der Waals surface area contributed by atoms with Crippen molar-refractivity contribution in [3.63, 3.8) is 0 Å². The summed E-state index contributed by atoms with van der Waals surface area (Å²) in [4.78, 5) is 16.7. The number of aryl methyl sites for hydroxylation is 1. The van der Waals surface area contributed by atoms with Crippen LogP contribution in [-0.2, 0) is 0 Å². The van der Waals surface area contributed by atoms with Gasteiger partial charge in [0.2, 0.25) is 0 Å². The summed E-state index contributed by atoms with van der Waals surface area (Å²) < 4.78 is 0. The van der Waals surface area contributed by atoms with Crippen molar-refractivity contribution in [2.45, 2.75) is 13.0 Å². The van der Waals surface area contributed by atoms with Gasteiger partial charge in [-0.3, -0.25) is 10.1 Å². The molecule has 1 atom stereocenters. The Morgan fingerprint density at radius 3 is 2.37 bits per heavy atom. The van der Waals surface area contributed by atoms with Gasteiger partial charge in [0.1, 0.15) is 0 Å². The maximum absolute atomic E-state index is 11.4. The molecule has 0 radical (unpaired) electrons. The van der Waals surface area contributed by atoms with Gasteiger partial charge in [-0.1, -0.05) is 72.3 Å². The van der Waals surface area contributed by atoms with Gasteiger partial charge in [-0.15, -0.1) is 0 Å². The number of hydrogen-bond acceptors (Lipinski definition) is 3. The molecule has 0 spiro atoms. The van der Waals surface area contributed by atoms with Crippen LogP contribution in [0, 0.1) is 17.0 Å². The number of anilines is 1. The molecule has 170 valence electrons. The number of nitrogens with one attached hydrogen (secondary N) is 1. The Bertz CT molecular complexity index is 1580. The van der Waals surface area contributed by atoms with Crippen molar-refractivity contribution in [1.82, 2.24) is 4.98 Å². The third kappa shape index (κ3) is 3.58. The number of rotatable bonds is 4. The van der Waals surface area contributed by atoms with Crippen molar-refractivity contribution in [3.05, 3.63) is 141 Å². The molecule has 1 N–H and O–H groups in total. The fourth-order valence-electron chi connectivity index (χ4n) is 4.99. The first-order chi connectivity index (χ1) is 17.1. The second kappa shape index (κ2) is 8.29. The molecule has 5 aromatic rings. The zero-order valence-electron chi connectivity index (χ0n) is 19.2. The lowest BCUT2D eigenvalue weighted by Gasteiger charge is -2.40. The molecule has 0 bridgehead atoms. The molecule has 6 rings (SSSR count). The third-order valence-corrected chi connectivity index (χ3v) is 6.68. The Hall–Kier alpha value is -4.64. The Morgan fingerprint density at radius 2 is 1.60 bits per heavy atom. The molecule has 0 fully saturated rings. The van der Waals surface area contributed by atoms with Crippen LogP contribution in [0.2, 0.25) is 0 Å². The number of benzene rings is 4. The number of H-pyrrole nitrogens is 1. The number of aromatic nitrogens is 1. The van der Waals surface area contributed by atoms with Crippen molar-refractivity contribution < 1.29 is 4.92 Å². The van der Waals surface area contributed by atoms with Crippen LogP contribution in [0.1, 0.15) is 33.9 Å². The van der Waals surface area contributed by atoms with Crippen LogP contribution in [-0.4, -0.2) is 9.91 Å². The van der Waals surface area contributed by atoms with Crippen molar-refractivity contribution in [1.29, 1.82) is 0 Å². The van der Waals surface area contributed by atoms with Crippen LogP contribution < -0.4 is 4.90 Å². The molecule has 0 saturated carbocycles. The largest absolute Gasteiger partial charge is 0.361 e. The summed E-state index contributed by atoms with van der Waals surface area (Å²) in [5.74, 6) is 0. The Labute approximate surface area is 203 Å². The highest BCUT2D eigenvalue weighted by atomic mass is 16.6. The van der Waals surface area contributed by atoms with Crippen LogP contribution in [0.3, 0.4) is 0 Å². The van der Waals surface area contributed by atoms with Crippen LogP contribution in [0.4, 0.5) is 11.4 Å². The minimum absolute atomic E-state index is 0.0789. The third-order valence-electron chi connectivity index (χ3n) is 6.68. The van der Waals surface area contributed by atoms with E-state index in [4.69, 9.17) is 0 Å². The predicted octanol–water partition coefficient (Wildman–Crippen LogP) is 7.49. The Kier molecular flexibility index (Phi) is 4.96. The lowest BCUT2D eigenvalue weighted by molar-refractivity contribution is -0.384. The van der Waals surface area contributed by atoms with Crippen molar-refractivity contribution in [2.24, 2.45) is 0 Å². The molecule has 0 amide bonds. The van der Waals surface area contributed by atoms with Crippen molar-refractivity contribution >= 4 is 34.1 Å². The molecule has 1 aliphatic heterocycles. The van der Waals surface area contributed by atoms with E-state index < -0.39 is 0 Å². The van der Waals surface area contributed by atoms with Crippen molar-refractivity contribution in [2.75, 3.05) is 4.90 Å². The molecule has 4 aromatic carbocycles. The molecule has 1 unspecified atom stereocenters. The van der Waals surface area contributed by atoms with Gasteiger partial charge in [0.25, 0.3) is 5.69 Å². The van der Waals surface area contributed by atoms with Gasteiger partial charge in [-0.05, 0) is 47.9 Å². The zero-order valence-corrected chi connectivity index (χ0v) is 19.2. The fourth-order valence-corrected chi connectivity index (χ4v) is 4.99. The topological polar surface area (TPSA) is 62.2 Å². The predicted molar refractivity (Wildman–Crippen MR) is 141 cm³/mol. The van der Waals surface area contributed by atoms with E-state index in [-0.39, 0.29) is 16.7 Å². The van der Waals surface area contributed by atoms with Gasteiger partial charge in [0.15, 0.2) is 0 Å². The van der Waals surface area contributed by atoms with Crippen LogP contribution in [0.15, 0.2) is 103 Å². The minimum atomic E-state index is -0.356. The summed E-state index contributed by atoms with van der Waals surface area (Å²) in [6.45, 7) is 2.09. The second-order valence-corrected chi connectivity index (χ2v) is 8.86. The van der Waals surface area contributed by atoms with Crippen LogP contribution >= 0.6 is 0 Å². The summed E-state index contributed by atoms with van der Waals surface area (Å²) in [5, 5.41) is 12.3. The van der Waals surface area contributed by atoms with E-state index in [2.05, 4.69) is 95.7 Å². The van der Waals surface area contributed by atoms with E-state index in [0.717, 1.165) is 39.0 Å². The lowest BCUT2D eigenvalue weighted by Crippen LogP contribution is -2.31. The van der Waals surface area contributed by atoms with Crippen LogP contribution in [0.25, 0.3) is 22.7 Å². The van der Waals surface area contributed by atoms with Gasteiger partial charge in [0, 0.05) is 40.7 Å². The monoisotopic (exact) mass is 457 g/mol. The fraction of sp³-hybridized carbons (Fsp3) is 0.0667. The van der Waals surface area contributed by atoms with Crippen LogP contribution in [0.5, 0.6) is 0 Å². The summed E-state index contributed by atoms with van der Waals surface area (Å²) in [6.07, 6.45) is 4.24. The number of aromatic amines is 1. The van der Waals surface area contributed by atoms with Gasteiger partial charge in [-0.25, -0.2) is 0 Å². The number of nitro benzene ring substituents is 1. The van der Waals surface area contributed by atoms with E-state index in [9.17, 15) is 10.1 Å². The normalized spacial score (nSPS) is 15.1. The molecule has 2 heterocycles. The average Bonchev–Trinajstić information content (AvgIpc) is 3.31. The second-order valence-electron chi connectivity index (χ2n) is 8.86. The summed E-state index contributed by atoms with van der Waals surface area (Å²) in [7, 11) is 0. The highest BCUT2D eigenvalue weighted by Crippen LogP contribution is 2.46. The van der Waals surface area contributed by atoms with E-state index in [0.29, 0.717) is 0 Å². The lowest BCUT2D eigenvalue weighted by atomic mass is 9.87. The van der Waals surface area contributed by atoms with Gasteiger partial charge in [0.05, 0.1) is 16.5 Å².